The minimum atomic E-state index is -0.827. The average molecular weight is 438 g/mol. The highest BCUT2D eigenvalue weighted by atomic mass is 32.2. The summed E-state index contributed by atoms with van der Waals surface area (Å²) in [7, 11) is 4.19. The van der Waals surface area contributed by atoms with E-state index < -0.39 is 23.4 Å². The molecule has 164 valence electrons. The van der Waals surface area contributed by atoms with Crippen molar-refractivity contribution in [3.8, 4) is 5.75 Å². The largest absolute Gasteiger partial charge is 0.497 e. The van der Waals surface area contributed by atoms with E-state index in [0.717, 1.165) is 24.5 Å². The van der Waals surface area contributed by atoms with Crippen LogP contribution in [0.1, 0.15) is 0 Å². The normalized spacial score (nSPS) is 22.0. The fourth-order valence-corrected chi connectivity index (χ4v) is 4.96. The summed E-state index contributed by atoms with van der Waals surface area (Å²) in [5.41, 5.74) is 1.11. The van der Waals surface area contributed by atoms with Gasteiger partial charge in [0.15, 0.2) is 5.37 Å². The van der Waals surface area contributed by atoms with Crippen molar-refractivity contribution >= 4 is 35.3 Å². The van der Waals surface area contributed by atoms with Gasteiger partial charge in [0.05, 0.1) is 27.9 Å². The first-order valence-electron chi connectivity index (χ1n) is 9.68. The molecule has 0 aromatic heterocycles. The lowest BCUT2D eigenvalue weighted by atomic mass is 10.2. The second-order valence-electron chi connectivity index (χ2n) is 7.01. The van der Waals surface area contributed by atoms with Gasteiger partial charge < -0.3 is 24.0 Å². The SMILES string of the molecule is COC(=O)[C@H]1CS[C@@H](C(=O)OC)N1C(=O)CN1CCN(c2ccc(OC)cc2)CC1. The molecule has 0 N–H and O–H groups in total. The molecule has 3 rings (SSSR count). The fraction of sp³-hybridized carbons (Fsp3) is 0.550. The van der Waals surface area contributed by atoms with Gasteiger partial charge in [-0.25, -0.2) is 9.59 Å². The number of thioether (sulfide) groups is 1. The Balaban J connectivity index is 1.60. The highest BCUT2D eigenvalue weighted by Crippen LogP contribution is 2.31. The van der Waals surface area contributed by atoms with Crippen molar-refractivity contribution in [1.29, 1.82) is 0 Å². The average Bonchev–Trinajstić information content (AvgIpc) is 3.24. The molecule has 0 aliphatic carbocycles. The molecule has 2 heterocycles. The number of nitrogens with zero attached hydrogens (tertiary/aromatic N) is 3. The van der Waals surface area contributed by atoms with Crippen molar-refractivity contribution in [2.75, 3.05) is 64.7 Å². The molecule has 0 radical (unpaired) electrons. The second-order valence-corrected chi connectivity index (χ2v) is 8.12. The summed E-state index contributed by atoms with van der Waals surface area (Å²) in [5.74, 6) is -0.213. The lowest BCUT2D eigenvalue weighted by Gasteiger charge is -2.37. The molecular formula is C20H27N3O6S. The van der Waals surface area contributed by atoms with Crippen LogP contribution in [-0.2, 0) is 23.9 Å². The van der Waals surface area contributed by atoms with E-state index in [9.17, 15) is 14.4 Å². The highest BCUT2D eigenvalue weighted by Gasteiger charge is 2.46. The van der Waals surface area contributed by atoms with Gasteiger partial charge in [-0.3, -0.25) is 9.69 Å². The maximum atomic E-state index is 13.0. The van der Waals surface area contributed by atoms with Gasteiger partial charge in [0.2, 0.25) is 5.91 Å². The third kappa shape index (κ3) is 4.81. The molecule has 0 saturated carbocycles. The number of methoxy groups -OCH3 is 3. The molecule has 2 aliphatic heterocycles. The van der Waals surface area contributed by atoms with Crippen LogP contribution < -0.4 is 9.64 Å². The van der Waals surface area contributed by atoms with Gasteiger partial charge in [-0.05, 0) is 24.3 Å². The van der Waals surface area contributed by atoms with Gasteiger partial charge in [0.25, 0.3) is 0 Å². The topological polar surface area (TPSA) is 88.6 Å². The number of piperazine rings is 1. The molecule has 2 atom stereocenters. The standard InChI is InChI=1S/C20H27N3O6S/c1-27-15-6-4-14(5-7-15)22-10-8-21(9-11-22)12-17(24)23-16(19(25)28-2)13-30-18(23)20(26)29-3/h4-7,16,18H,8-13H2,1-3H3/t16-,18+/m1/s1. The van der Waals surface area contributed by atoms with Crippen LogP contribution in [0.25, 0.3) is 0 Å². The second kappa shape index (κ2) is 10.0. The third-order valence-corrected chi connectivity index (χ3v) is 6.58. The number of ether oxygens (including phenoxy) is 3. The molecule has 1 aromatic carbocycles. The summed E-state index contributed by atoms with van der Waals surface area (Å²) in [6, 6.07) is 7.11. The van der Waals surface area contributed by atoms with E-state index in [1.54, 1.807) is 7.11 Å². The molecule has 1 aromatic rings. The quantitative estimate of drug-likeness (QED) is 0.588. The minimum Gasteiger partial charge on any atom is -0.497 e. The number of rotatable bonds is 6. The number of carbonyl (C=O) groups excluding carboxylic acids is 3. The first kappa shape index (κ1) is 22.2. The van der Waals surface area contributed by atoms with Crippen LogP contribution in [0, 0.1) is 0 Å². The lowest BCUT2D eigenvalue weighted by Crippen LogP contribution is -2.54. The predicted octanol–water partition coefficient (Wildman–Crippen LogP) is 0.433. The molecule has 9 nitrogen and oxygen atoms in total. The van der Waals surface area contributed by atoms with Gasteiger partial charge in [0, 0.05) is 37.6 Å². The fourth-order valence-electron chi connectivity index (χ4n) is 3.64. The smallest absolute Gasteiger partial charge is 0.339 e. The summed E-state index contributed by atoms with van der Waals surface area (Å²) >= 11 is 1.22. The van der Waals surface area contributed by atoms with E-state index >= 15 is 0 Å². The summed E-state index contributed by atoms with van der Waals surface area (Å²) in [6.45, 7) is 3.08. The Morgan fingerprint density at radius 3 is 2.17 bits per heavy atom. The predicted molar refractivity (Wildman–Crippen MR) is 113 cm³/mol. The van der Waals surface area contributed by atoms with Crippen molar-refractivity contribution in [2.24, 2.45) is 0 Å². The number of esters is 2. The Morgan fingerprint density at radius 2 is 1.60 bits per heavy atom. The molecule has 2 saturated heterocycles. The van der Waals surface area contributed by atoms with Crippen LogP contribution in [0.5, 0.6) is 5.75 Å². The summed E-state index contributed by atoms with van der Waals surface area (Å²) < 4.78 is 14.8. The number of benzene rings is 1. The van der Waals surface area contributed by atoms with Gasteiger partial charge in [0.1, 0.15) is 11.8 Å². The van der Waals surface area contributed by atoms with Crippen LogP contribution in [0.4, 0.5) is 5.69 Å². The Labute approximate surface area is 180 Å². The number of anilines is 1. The summed E-state index contributed by atoms with van der Waals surface area (Å²) in [4.78, 5) is 42.8. The molecule has 0 spiro atoms. The van der Waals surface area contributed by atoms with Crippen molar-refractivity contribution in [3.05, 3.63) is 24.3 Å². The van der Waals surface area contributed by atoms with Crippen molar-refractivity contribution < 1.29 is 28.6 Å². The van der Waals surface area contributed by atoms with Gasteiger partial charge >= 0.3 is 11.9 Å². The Hall–Kier alpha value is -2.46. The molecule has 1 amide bonds. The number of carbonyl (C=O) groups is 3. The van der Waals surface area contributed by atoms with Crippen molar-refractivity contribution in [3.63, 3.8) is 0 Å². The Bertz CT molecular complexity index is 742. The molecule has 30 heavy (non-hydrogen) atoms. The number of hydrogen-bond donors (Lipinski definition) is 0. The molecule has 0 unspecified atom stereocenters. The number of amides is 1. The maximum absolute atomic E-state index is 13.0. The molecule has 10 heteroatoms. The van der Waals surface area contributed by atoms with E-state index in [1.807, 2.05) is 29.2 Å². The van der Waals surface area contributed by atoms with Crippen molar-refractivity contribution in [1.82, 2.24) is 9.80 Å². The Morgan fingerprint density at radius 1 is 0.967 bits per heavy atom. The Kier molecular flexibility index (Phi) is 7.43. The van der Waals surface area contributed by atoms with Crippen molar-refractivity contribution in [2.45, 2.75) is 11.4 Å². The first-order chi connectivity index (χ1) is 14.5. The third-order valence-electron chi connectivity index (χ3n) is 5.33. The summed E-state index contributed by atoms with van der Waals surface area (Å²) in [6.07, 6.45) is 0. The molecule has 0 bridgehead atoms. The van der Waals surface area contributed by atoms with E-state index in [2.05, 4.69) is 4.90 Å². The van der Waals surface area contributed by atoms with Crippen LogP contribution in [-0.4, -0.2) is 98.9 Å². The van der Waals surface area contributed by atoms with Crippen LogP contribution >= 0.6 is 11.8 Å². The van der Waals surface area contributed by atoms with Gasteiger partial charge in [-0.15, -0.1) is 11.8 Å². The summed E-state index contributed by atoms with van der Waals surface area (Å²) in [5, 5.41) is -0.827. The maximum Gasteiger partial charge on any atom is 0.339 e. The minimum absolute atomic E-state index is 0.137. The zero-order chi connectivity index (χ0) is 21.7. The highest BCUT2D eigenvalue weighted by molar-refractivity contribution is 8.00. The molecular weight excluding hydrogens is 410 g/mol. The lowest BCUT2D eigenvalue weighted by molar-refractivity contribution is -0.157. The number of hydrogen-bond acceptors (Lipinski definition) is 9. The van der Waals surface area contributed by atoms with Crippen LogP contribution in [0.2, 0.25) is 0 Å². The van der Waals surface area contributed by atoms with Crippen LogP contribution in [0.15, 0.2) is 24.3 Å². The zero-order valence-electron chi connectivity index (χ0n) is 17.4. The van der Waals surface area contributed by atoms with E-state index in [4.69, 9.17) is 14.2 Å². The first-order valence-corrected chi connectivity index (χ1v) is 10.7. The monoisotopic (exact) mass is 437 g/mol. The zero-order valence-corrected chi connectivity index (χ0v) is 18.2. The van der Waals surface area contributed by atoms with Crippen LogP contribution in [0.3, 0.4) is 0 Å². The molecule has 2 aliphatic rings. The van der Waals surface area contributed by atoms with Gasteiger partial charge in [-0.2, -0.15) is 0 Å². The van der Waals surface area contributed by atoms with E-state index in [-0.39, 0.29) is 12.5 Å². The van der Waals surface area contributed by atoms with E-state index in [0.29, 0.717) is 18.8 Å². The van der Waals surface area contributed by atoms with Gasteiger partial charge in [-0.1, -0.05) is 0 Å². The van der Waals surface area contributed by atoms with E-state index in [1.165, 1.54) is 30.9 Å². The molecule has 2 fully saturated rings.